The molecule has 0 bridgehead atoms. The van der Waals surface area contributed by atoms with Gasteiger partial charge in [-0.3, -0.25) is 9.59 Å². The molecule has 0 N–H and O–H groups in total. The number of carbonyl (C=O) groups excluding carboxylic acids is 2. The molecular formula is C20H20O7. The molecule has 0 aliphatic heterocycles. The lowest BCUT2D eigenvalue weighted by atomic mass is 10.1. The van der Waals surface area contributed by atoms with E-state index in [4.69, 9.17) is 18.6 Å². The summed E-state index contributed by atoms with van der Waals surface area (Å²) in [6.07, 6.45) is -0.160. The summed E-state index contributed by atoms with van der Waals surface area (Å²) in [5.41, 5.74) is 0.239. The molecule has 142 valence electrons. The Bertz CT molecular complexity index is 867. The minimum absolute atomic E-state index is 0.00840. The monoisotopic (exact) mass is 372 g/mol. The van der Waals surface area contributed by atoms with Crippen LogP contribution in [0, 0.1) is 0 Å². The number of ether oxygens (including phenoxy) is 3. The van der Waals surface area contributed by atoms with Crippen LogP contribution < -0.4 is 10.2 Å². The van der Waals surface area contributed by atoms with Gasteiger partial charge in [0.1, 0.15) is 12.9 Å². The van der Waals surface area contributed by atoms with Gasteiger partial charge in [0.05, 0.1) is 12.2 Å². The highest BCUT2D eigenvalue weighted by molar-refractivity contribution is 5.89. The highest BCUT2D eigenvalue weighted by atomic mass is 16.6. The van der Waals surface area contributed by atoms with Gasteiger partial charge in [0.25, 0.3) is 0 Å². The van der Waals surface area contributed by atoms with E-state index >= 15 is 0 Å². The van der Waals surface area contributed by atoms with Gasteiger partial charge in [0, 0.05) is 13.0 Å². The second-order valence-corrected chi connectivity index (χ2v) is 5.52. The van der Waals surface area contributed by atoms with Crippen molar-refractivity contribution in [2.45, 2.75) is 26.6 Å². The standard InChI is InChI=1S/C20H20O7/c1-4-24-20(23)13(2)19(27-14(3)21)17-10-16(22)18(12-26-17)25-11-15-8-6-5-7-9-15/h5-10,12,19H,2,4,11H2,1,3H3. The predicted molar refractivity (Wildman–Crippen MR) is 96.0 cm³/mol. The number of esters is 2. The average Bonchev–Trinajstić information content (AvgIpc) is 2.65. The summed E-state index contributed by atoms with van der Waals surface area (Å²) >= 11 is 0. The van der Waals surface area contributed by atoms with Crippen LogP contribution in [0.15, 0.2) is 64.0 Å². The van der Waals surface area contributed by atoms with Crippen molar-refractivity contribution >= 4 is 11.9 Å². The first-order chi connectivity index (χ1) is 12.9. The molecule has 27 heavy (non-hydrogen) atoms. The Labute approximate surface area is 156 Å². The van der Waals surface area contributed by atoms with E-state index in [0.717, 1.165) is 17.9 Å². The van der Waals surface area contributed by atoms with Crippen LogP contribution in [0.5, 0.6) is 5.75 Å². The Balaban J connectivity index is 2.20. The summed E-state index contributed by atoms with van der Waals surface area (Å²) in [6, 6.07) is 10.4. The first-order valence-corrected chi connectivity index (χ1v) is 8.25. The molecule has 1 unspecified atom stereocenters. The summed E-state index contributed by atoms with van der Waals surface area (Å²) in [7, 11) is 0. The van der Waals surface area contributed by atoms with Crippen LogP contribution in [0.3, 0.4) is 0 Å². The zero-order valence-corrected chi connectivity index (χ0v) is 15.1. The maximum atomic E-state index is 12.3. The van der Waals surface area contributed by atoms with Crippen LogP contribution in [0.2, 0.25) is 0 Å². The summed E-state index contributed by atoms with van der Waals surface area (Å²) in [5.74, 6) is -1.49. The molecule has 0 saturated carbocycles. The summed E-state index contributed by atoms with van der Waals surface area (Å²) < 4.78 is 20.8. The SMILES string of the molecule is C=C(C(=O)OCC)C(OC(C)=O)c1cc(=O)c(OCc2ccccc2)co1. The molecule has 0 fully saturated rings. The summed E-state index contributed by atoms with van der Waals surface area (Å²) in [4.78, 5) is 35.6. The zero-order valence-electron chi connectivity index (χ0n) is 15.1. The molecule has 0 spiro atoms. The van der Waals surface area contributed by atoms with Gasteiger partial charge >= 0.3 is 11.9 Å². The van der Waals surface area contributed by atoms with E-state index in [1.165, 1.54) is 6.92 Å². The van der Waals surface area contributed by atoms with Gasteiger partial charge in [-0.05, 0) is 12.5 Å². The maximum Gasteiger partial charge on any atom is 0.337 e. The second kappa shape index (κ2) is 9.38. The fourth-order valence-corrected chi connectivity index (χ4v) is 2.19. The van der Waals surface area contributed by atoms with Gasteiger partial charge in [-0.1, -0.05) is 36.9 Å². The highest BCUT2D eigenvalue weighted by Crippen LogP contribution is 2.26. The Morgan fingerprint density at radius 2 is 1.93 bits per heavy atom. The number of rotatable bonds is 8. The van der Waals surface area contributed by atoms with Crippen LogP contribution in [0.4, 0.5) is 0 Å². The Morgan fingerprint density at radius 1 is 1.22 bits per heavy atom. The molecule has 2 aromatic rings. The van der Waals surface area contributed by atoms with Gasteiger partial charge < -0.3 is 18.6 Å². The van der Waals surface area contributed by atoms with Gasteiger partial charge in [0.15, 0.2) is 11.9 Å². The van der Waals surface area contributed by atoms with E-state index < -0.39 is 23.5 Å². The molecule has 0 saturated heterocycles. The fraction of sp³-hybridized carbons (Fsp3) is 0.250. The molecular weight excluding hydrogens is 352 g/mol. The lowest BCUT2D eigenvalue weighted by molar-refractivity contribution is -0.148. The lowest BCUT2D eigenvalue weighted by Crippen LogP contribution is -2.20. The molecule has 0 amide bonds. The summed E-state index contributed by atoms with van der Waals surface area (Å²) in [5, 5.41) is 0. The van der Waals surface area contributed by atoms with Crippen molar-refractivity contribution in [1.82, 2.24) is 0 Å². The first kappa shape index (κ1) is 20.0. The van der Waals surface area contributed by atoms with Crippen molar-refractivity contribution in [2.75, 3.05) is 6.61 Å². The third-order valence-electron chi connectivity index (χ3n) is 3.45. The molecule has 0 aliphatic rings. The molecule has 1 aromatic heterocycles. The van der Waals surface area contributed by atoms with Crippen molar-refractivity contribution in [2.24, 2.45) is 0 Å². The van der Waals surface area contributed by atoms with Crippen LogP contribution >= 0.6 is 0 Å². The first-order valence-electron chi connectivity index (χ1n) is 8.25. The van der Waals surface area contributed by atoms with E-state index in [2.05, 4.69) is 6.58 Å². The minimum Gasteiger partial charge on any atom is -0.482 e. The quantitative estimate of drug-likeness (QED) is 0.519. The van der Waals surface area contributed by atoms with E-state index in [9.17, 15) is 14.4 Å². The van der Waals surface area contributed by atoms with Crippen molar-refractivity contribution in [3.05, 3.63) is 76.4 Å². The van der Waals surface area contributed by atoms with Crippen molar-refractivity contribution in [3.63, 3.8) is 0 Å². The van der Waals surface area contributed by atoms with Gasteiger partial charge in [-0.25, -0.2) is 4.79 Å². The van der Waals surface area contributed by atoms with Gasteiger partial charge in [-0.15, -0.1) is 0 Å². The topological polar surface area (TPSA) is 92.0 Å². The summed E-state index contributed by atoms with van der Waals surface area (Å²) in [6.45, 7) is 6.70. The maximum absolute atomic E-state index is 12.3. The largest absolute Gasteiger partial charge is 0.482 e. The zero-order chi connectivity index (χ0) is 19.8. The molecule has 0 radical (unpaired) electrons. The van der Waals surface area contributed by atoms with Crippen LogP contribution in [0.1, 0.15) is 31.3 Å². The smallest absolute Gasteiger partial charge is 0.337 e. The third kappa shape index (κ3) is 5.57. The fourth-order valence-electron chi connectivity index (χ4n) is 2.19. The number of carbonyl (C=O) groups is 2. The average molecular weight is 372 g/mol. The van der Waals surface area contributed by atoms with Crippen molar-refractivity contribution in [3.8, 4) is 5.75 Å². The van der Waals surface area contributed by atoms with Crippen LogP contribution in [-0.4, -0.2) is 18.5 Å². The molecule has 1 heterocycles. The molecule has 0 aliphatic carbocycles. The molecule has 1 aromatic carbocycles. The molecule has 2 rings (SSSR count). The van der Waals surface area contributed by atoms with E-state index in [1.54, 1.807) is 6.92 Å². The number of benzene rings is 1. The number of hydrogen-bond donors (Lipinski definition) is 0. The predicted octanol–water partition coefficient (Wildman–Crippen LogP) is 2.94. The molecule has 7 heteroatoms. The Kier molecular flexibility index (Phi) is 6.93. The molecule has 1 atom stereocenters. The molecule has 7 nitrogen and oxygen atoms in total. The van der Waals surface area contributed by atoms with Gasteiger partial charge in [0.2, 0.25) is 11.2 Å². The minimum atomic E-state index is -1.27. The Hall–Kier alpha value is -3.35. The van der Waals surface area contributed by atoms with Crippen LogP contribution in [0.25, 0.3) is 0 Å². The Morgan fingerprint density at radius 3 is 2.52 bits per heavy atom. The van der Waals surface area contributed by atoms with E-state index in [-0.39, 0.29) is 30.3 Å². The third-order valence-corrected chi connectivity index (χ3v) is 3.45. The van der Waals surface area contributed by atoms with E-state index in [1.807, 2.05) is 30.3 Å². The second-order valence-electron chi connectivity index (χ2n) is 5.52. The van der Waals surface area contributed by atoms with Crippen LogP contribution in [-0.2, 0) is 25.7 Å². The van der Waals surface area contributed by atoms with Crippen molar-refractivity contribution in [1.29, 1.82) is 0 Å². The van der Waals surface area contributed by atoms with E-state index in [0.29, 0.717) is 0 Å². The van der Waals surface area contributed by atoms with Crippen molar-refractivity contribution < 1.29 is 28.2 Å². The lowest BCUT2D eigenvalue weighted by Gasteiger charge is -2.17. The number of hydrogen-bond acceptors (Lipinski definition) is 7. The highest BCUT2D eigenvalue weighted by Gasteiger charge is 2.28. The normalized spacial score (nSPS) is 11.3. The van der Waals surface area contributed by atoms with Gasteiger partial charge in [-0.2, -0.15) is 0 Å².